The number of unbranched alkanes of at least 4 members (excludes halogenated alkanes) is 1. The molecule has 1 fully saturated rings. The minimum absolute atomic E-state index is 0.0533. The number of methoxy groups -OCH3 is 1. The molecule has 0 aliphatic carbocycles. The molecule has 1 aromatic carbocycles. The fourth-order valence-corrected chi connectivity index (χ4v) is 4.03. The first-order valence-corrected chi connectivity index (χ1v) is 11.9. The Kier molecular flexibility index (Phi) is 9.34. The lowest BCUT2D eigenvalue weighted by Gasteiger charge is -2.30. The molecule has 32 heavy (non-hydrogen) atoms. The highest BCUT2D eigenvalue weighted by Crippen LogP contribution is 2.25. The number of anilines is 1. The summed E-state index contributed by atoms with van der Waals surface area (Å²) in [5.41, 5.74) is 0.868. The van der Waals surface area contributed by atoms with Gasteiger partial charge in [0.1, 0.15) is 5.75 Å². The summed E-state index contributed by atoms with van der Waals surface area (Å²) in [5.74, 6) is 1.40. The number of hydrogen-bond donors (Lipinski definition) is 1. The molecule has 3 rings (SSSR count). The van der Waals surface area contributed by atoms with Crippen molar-refractivity contribution >= 4 is 11.9 Å². The summed E-state index contributed by atoms with van der Waals surface area (Å²) in [4.78, 5) is 21.7. The number of ether oxygens (including phenoxy) is 1. The Balaban J connectivity index is 1.47. The van der Waals surface area contributed by atoms with Crippen LogP contribution in [-0.4, -0.2) is 67.3 Å². The van der Waals surface area contributed by atoms with Gasteiger partial charge in [-0.25, -0.2) is 0 Å². The van der Waals surface area contributed by atoms with E-state index in [1.807, 2.05) is 29.2 Å². The van der Waals surface area contributed by atoms with Crippen LogP contribution in [0.15, 0.2) is 28.8 Å². The molecule has 2 heterocycles. The van der Waals surface area contributed by atoms with Gasteiger partial charge in [-0.3, -0.25) is 4.79 Å². The first-order valence-electron chi connectivity index (χ1n) is 11.9. The third kappa shape index (κ3) is 6.69. The van der Waals surface area contributed by atoms with Crippen molar-refractivity contribution < 1.29 is 14.1 Å². The molecule has 1 N–H and O–H groups in total. The highest BCUT2D eigenvalue weighted by atomic mass is 16.5. The minimum atomic E-state index is -0.0533. The molecular formula is C24H37N5O3. The molecule has 176 valence electrons. The van der Waals surface area contributed by atoms with Crippen molar-refractivity contribution in [2.24, 2.45) is 5.92 Å². The van der Waals surface area contributed by atoms with E-state index in [2.05, 4.69) is 34.2 Å². The molecule has 1 amide bonds. The van der Waals surface area contributed by atoms with E-state index < -0.39 is 0 Å². The number of rotatable bonds is 12. The van der Waals surface area contributed by atoms with Crippen LogP contribution >= 0.6 is 0 Å². The van der Waals surface area contributed by atoms with E-state index in [1.165, 1.54) is 12.8 Å². The Labute approximate surface area is 191 Å². The average Bonchev–Trinajstić information content (AvgIpc) is 3.34. The molecule has 0 spiro atoms. The standard InChI is InChI=1S/C24H37N5O3/c1-4-6-15-28(5-2)16-8-14-25-23(30)20-9-7-17-29(18-20)24-26-22(27-32-24)19-10-12-21(31-3)13-11-19/h10-13,20H,4-9,14-18H2,1-3H3,(H,25,30). The van der Waals surface area contributed by atoms with E-state index in [-0.39, 0.29) is 11.8 Å². The highest BCUT2D eigenvalue weighted by Gasteiger charge is 2.28. The smallest absolute Gasteiger partial charge is 0.324 e. The predicted octanol–water partition coefficient (Wildman–Crippen LogP) is 3.59. The van der Waals surface area contributed by atoms with Crippen LogP contribution in [0.3, 0.4) is 0 Å². The number of benzene rings is 1. The summed E-state index contributed by atoms with van der Waals surface area (Å²) >= 11 is 0. The molecule has 1 saturated heterocycles. The molecular weight excluding hydrogens is 406 g/mol. The van der Waals surface area contributed by atoms with Crippen LogP contribution in [-0.2, 0) is 4.79 Å². The monoisotopic (exact) mass is 443 g/mol. The summed E-state index contributed by atoms with van der Waals surface area (Å²) in [6.45, 7) is 9.79. The first-order chi connectivity index (χ1) is 15.6. The number of nitrogens with zero attached hydrogens (tertiary/aromatic N) is 4. The van der Waals surface area contributed by atoms with E-state index >= 15 is 0 Å². The third-order valence-corrected chi connectivity index (χ3v) is 6.05. The van der Waals surface area contributed by atoms with Gasteiger partial charge in [0.15, 0.2) is 0 Å². The lowest BCUT2D eigenvalue weighted by Crippen LogP contribution is -2.43. The number of piperidine rings is 1. The van der Waals surface area contributed by atoms with Crippen LogP contribution in [0.25, 0.3) is 11.4 Å². The van der Waals surface area contributed by atoms with Crippen LogP contribution in [0.1, 0.15) is 46.0 Å². The fourth-order valence-electron chi connectivity index (χ4n) is 4.03. The maximum atomic E-state index is 12.7. The Bertz CT molecular complexity index is 823. The molecule has 1 unspecified atom stereocenters. The molecule has 1 aliphatic heterocycles. The van der Waals surface area contributed by atoms with Crippen molar-refractivity contribution in [2.75, 3.05) is 51.3 Å². The third-order valence-electron chi connectivity index (χ3n) is 6.05. The van der Waals surface area contributed by atoms with Crippen molar-refractivity contribution in [1.82, 2.24) is 20.4 Å². The first kappa shape index (κ1) is 24.0. The molecule has 8 nitrogen and oxygen atoms in total. The Morgan fingerprint density at radius 3 is 2.75 bits per heavy atom. The average molecular weight is 444 g/mol. The summed E-state index contributed by atoms with van der Waals surface area (Å²) in [6, 6.07) is 8.03. The van der Waals surface area contributed by atoms with Crippen LogP contribution in [0.5, 0.6) is 5.75 Å². The topological polar surface area (TPSA) is 83.7 Å². The summed E-state index contributed by atoms with van der Waals surface area (Å²) in [6.07, 6.45) is 5.24. The molecule has 1 atom stereocenters. The van der Waals surface area contributed by atoms with Crippen LogP contribution in [0, 0.1) is 5.92 Å². The van der Waals surface area contributed by atoms with Gasteiger partial charge in [0.05, 0.1) is 13.0 Å². The van der Waals surface area contributed by atoms with Gasteiger partial charge in [-0.2, -0.15) is 4.98 Å². The number of aromatic nitrogens is 2. The van der Waals surface area contributed by atoms with Gasteiger partial charge >= 0.3 is 6.01 Å². The predicted molar refractivity (Wildman–Crippen MR) is 126 cm³/mol. The molecule has 0 saturated carbocycles. The van der Waals surface area contributed by atoms with E-state index in [9.17, 15) is 4.79 Å². The van der Waals surface area contributed by atoms with Gasteiger partial charge < -0.3 is 24.4 Å². The van der Waals surface area contributed by atoms with E-state index in [1.54, 1.807) is 7.11 Å². The van der Waals surface area contributed by atoms with Gasteiger partial charge in [0.25, 0.3) is 0 Å². The van der Waals surface area contributed by atoms with Crippen LogP contribution in [0.2, 0.25) is 0 Å². The molecule has 2 aromatic rings. The van der Waals surface area contributed by atoms with Gasteiger partial charge in [-0.05, 0) is 69.6 Å². The van der Waals surface area contributed by atoms with Crippen molar-refractivity contribution in [1.29, 1.82) is 0 Å². The summed E-state index contributed by atoms with van der Waals surface area (Å²) < 4.78 is 10.7. The zero-order valence-electron chi connectivity index (χ0n) is 19.7. The molecule has 8 heteroatoms. The second-order valence-corrected chi connectivity index (χ2v) is 8.35. The fraction of sp³-hybridized carbons (Fsp3) is 0.625. The number of carbonyl (C=O) groups excluding carboxylic acids is 1. The lowest BCUT2D eigenvalue weighted by molar-refractivity contribution is -0.125. The number of amides is 1. The Hall–Kier alpha value is -2.61. The lowest BCUT2D eigenvalue weighted by atomic mass is 9.97. The normalized spacial score (nSPS) is 16.4. The van der Waals surface area contributed by atoms with Gasteiger partial charge in [-0.1, -0.05) is 25.4 Å². The van der Waals surface area contributed by atoms with Gasteiger partial charge in [-0.15, -0.1) is 0 Å². The van der Waals surface area contributed by atoms with Gasteiger partial charge in [0, 0.05) is 25.2 Å². The number of hydrogen-bond acceptors (Lipinski definition) is 7. The SMILES string of the molecule is CCCCN(CC)CCCNC(=O)C1CCCN(c2nc(-c3ccc(OC)cc3)no2)C1. The Morgan fingerprint density at radius 1 is 1.25 bits per heavy atom. The second-order valence-electron chi connectivity index (χ2n) is 8.35. The van der Waals surface area contributed by atoms with Crippen molar-refractivity contribution in [2.45, 2.75) is 46.0 Å². The van der Waals surface area contributed by atoms with Gasteiger partial charge in [0.2, 0.25) is 11.7 Å². The van der Waals surface area contributed by atoms with E-state index in [0.717, 1.165) is 63.3 Å². The highest BCUT2D eigenvalue weighted by molar-refractivity contribution is 5.79. The zero-order chi connectivity index (χ0) is 22.8. The maximum Gasteiger partial charge on any atom is 0.324 e. The number of carbonyl (C=O) groups is 1. The second kappa shape index (κ2) is 12.4. The van der Waals surface area contributed by atoms with E-state index in [0.29, 0.717) is 18.4 Å². The van der Waals surface area contributed by atoms with Crippen molar-refractivity contribution in [3.05, 3.63) is 24.3 Å². The quantitative estimate of drug-likeness (QED) is 0.502. The maximum absolute atomic E-state index is 12.7. The Morgan fingerprint density at radius 2 is 2.03 bits per heavy atom. The molecule has 0 bridgehead atoms. The van der Waals surface area contributed by atoms with Crippen LogP contribution < -0.4 is 15.0 Å². The van der Waals surface area contributed by atoms with Crippen LogP contribution in [0.4, 0.5) is 6.01 Å². The molecule has 1 aromatic heterocycles. The van der Waals surface area contributed by atoms with Crippen molar-refractivity contribution in [3.8, 4) is 17.1 Å². The molecule has 0 radical (unpaired) electrons. The largest absolute Gasteiger partial charge is 0.497 e. The summed E-state index contributed by atoms with van der Waals surface area (Å²) in [7, 11) is 1.64. The molecule has 1 aliphatic rings. The number of nitrogens with one attached hydrogen (secondary N) is 1. The zero-order valence-corrected chi connectivity index (χ0v) is 19.7. The summed E-state index contributed by atoms with van der Waals surface area (Å²) in [5, 5.41) is 7.25. The minimum Gasteiger partial charge on any atom is -0.497 e. The van der Waals surface area contributed by atoms with Crippen molar-refractivity contribution in [3.63, 3.8) is 0 Å². The van der Waals surface area contributed by atoms with E-state index in [4.69, 9.17) is 9.26 Å².